The lowest BCUT2D eigenvalue weighted by Gasteiger charge is -2.31. The highest BCUT2D eigenvalue weighted by atomic mass is 19.4. The van der Waals surface area contributed by atoms with Gasteiger partial charge < -0.3 is 10.4 Å². The van der Waals surface area contributed by atoms with Crippen LogP contribution in [0.15, 0.2) is 0 Å². The van der Waals surface area contributed by atoms with Crippen molar-refractivity contribution in [1.29, 1.82) is 0 Å². The summed E-state index contributed by atoms with van der Waals surface area (Å²) in [5.74, 6) is -2.17. The molecule has 1 rings (SSSR count). The lowest BCUT2D eigenvalue weighted by atomic mass is 9.85. The molecule has 94 valence electrons. The third kappa shape index (κ3) is 4.38. The van der Waals surface area contributed by atoms with Gasteiger partial charge in [-0.2, -0.15) is 13.2 Å². The Bertz CT molecular complexity index is 243. The molecule has 0 bridgehead atoms. The molecule has 0 amide bonds. The van der Waals surface area contributed by atoms with Gasteiger partial charge in [-0.3, -0.25) is 4.79 Å². The van der Waals surface area contributed by atoms with Crippen molar-refractivity contribution in [3.05, 3.63) is 0 Å². The van der Waals surface area contributed by atoms with E-state index >= 15 is 0 Å². The maximum atomic E-state index is 12.4. The van der Waals surface area contributed by atoms with Gasteiger partial charge in [0.05, 0.1) is 12.3 Å². The fourth-order valence-corrected chi connectivity index (χ4v) is 2.06. The molecule has 6 heteroatoms. The van der Waals surface area contributed by atoms with E-state index in [2.05, 4.69) is 5.32 Å². The molecule has 16 heavy (non-hydrogen) atoms. The van der Waals surface area contributed by atoms with E-state index in [1.54, 1.807) is 0 Å². The Hall–Kier alpha value is -0.780. The number of halogens is 3. The summed E-state index contributed by atoms with van der Waals surface area (Å²) < 4.78 is 37.3. The van der Waals surface area contributed by atoms with Crippen LogP contribution in [0.5, 0.6) is 0 Å². The minimum absolute atomic E-state index is 0.0484. The van der Waals surface area contributed by atoms with Gasteiger partial charge in [0.15, 0.2) is 0 Å². The normalized spacial score (nSPS) is 26.7. The number of alkyl halides is 3. The molecular formula is C10H16F3NO2. The maximum Gasteiger partial charge on any atom is 0.391 e. The number of hydrogen-bond acceptors (Lipinski definition) is 2. The van der Waals surface area contributed by atoms with Crippen LogP contribution in [0, 0.1) is 5.92 Å². The Morgan fingerprint density at radius 1 is 1.38 bits per heavy atom. The molecule has 3 nitrogen and oxygen atoms in total. The van der Waals surface area contributed by atoms with Gasteiger partial charge in [-0.05, 0) is 19.3 Å². The van der Waals surface area contributed by atoms with E-state index in [4.69, 9.17) is 5.11 Å². The average molecular weight is 239 g/mol. The lowest BCUT2D eigenvalue weighted by molar-refractivity contribution is -0.183. The first-order valence-corrected chi connectivity index (χ1v) is 5.41. The summed E-state index contributed by atoms with van der Waals surface area (Å²) in [5, 5.41) is 11.3. The first kappa shape index (κ1) is 13.3. The number of aliphatic carboxylic acids is 1. The number of carbonyl (C=O) groups is 1. The summed E-state index contributed by atoms with van der Waals surface area (Å²) in [7, 11) is 0. The number of carboxylic acid groups (broad SMARTS) is 1. The molecule has 1 aliphatic carbocycles. The van der Waals surface area contributed by atoms with Gasteiger partial charge in [0, 0.05) is 12.6 Å². The molecule has 0 aliphatic heterocycles. The van der Waals surface area contributed by atoms with E-state index < -0.39 is 18.1 Å². The maximum absolute atomic E-state index is 12.4. The largest absolute Gasteiger partial charge is 0.481 e. The molecule has 0 aromatic heterocycles. The standard InChI is InChI=1S/C10H16F3NO2/c11-10(12,13)7-2-1-3-8(6-7)14-5-4-9(15)16/h7-8,14H,1-6H2,(H,15,16). The Morgan fingerprint density at radius 2 is 2.06 bits per heavy atom. The van der Waals surface area contributed by atoms with Crippen LogP contribution in [-0.4, -0.2) is 29.8 Å². The summed E-state index contributed by atoms with van der Waals surface area (Å²) in [6, 6.07) is -0.195. The third-order valence-electron chi connectivity index (χ3n) is 2.91. The van der Waals surface area contributed by atoms with Crippen molar-refractivity contribution in [3.63, 3.8) is 0 Å². The van der Waals surface area contributed by atoms with Crippen molar-refractivity contribution >= 4 is 5.97 Å². The van der Waals surface area contributed by atoms with Gasteiger partial charge in [-0.15, -0.1) is 0 Å². The fraction of sp³-hybridized carbons (Fsp3) is 0.900. The van der Waals surface area contributed by atoms with Gasteiger partial charge in [-0.25, -0.2) is 0 Å². The highest BCUT2D eigenvalue weighted by Crippen LogP contribution is 2.37. The van der Waals surface area contributed by atoms with E-state index in [1.165, 1.54) is 0 Å². The van der Waals surface area contributed by atoms with Crippen molar-refractivity contribution in [2.75, 3.05) is 6.54 Å². The van der Waals surface area contributed by atoms with E-state index in [0.717, 1.165) is 0 Å². The molecule has 2 unspecified atom stereocenters. The highest BCUT2D eigenvalue weighted by molar-refractivity contribution is 5.66. The van der Waals surface area contributed by atoms with Crippen molar-refractivity contribution < 1.29 is 23.1 Å². The van der Waals surface area contributed by atoms with E-state index in [0.29, 0.717) is 12.8 Å². The molecular weight excluding hydrogens is 223 g/mol. The SMILES string of the molecule is O=C(O)CCNC1CCCC(C(F)(F)F)C1. The van der Waals surface area contributed by atoms with E-state index in [1.807, 2.05) is 0 Å². The fourth-order valence-electron chi connectivity index (χ4n) is 2.06. The van der Waals surface area contributed by atoms with Crippen LogP contribution >= 0.6 is 0 Å². The van der Waals surface area contributed by atoms with Crippen molar-refractivity contribution in [2.45, 2.75) is 44.3 Å². The first-order valence-electron chi connectivity index (χ1n) is 5.41. The number of rotatable bonds is 4. The smallest absolute Gasteiger partial charge is 0.391 e. The first-order chi connectivity index (χ1) is 7.39. The highest BCUT2D eigenvalue weighted by Gasteiger charge is 2.41. The van der Waals surface area contributed by atoms with Gasteiger partial charge in [0.1, 0.15) is 0 Å². The molecule has 0 aromatic carbocycles. The summed E-state index contributed by atoms with van der Waals surface area (Å²) >= 11 is 0. The van der Waals surface area contributed by atoms with Gasteiger partial charge in [0.25, 0.3) is 0 Å². The Labute approximate surface area is 92.0 Å². The Kier molecular flexibility index (Phi) is 4.58. The molecule has 1 fully saturated rings. The zero-order chi connectivity index (χ0) is 12.2. The molecule has 0 heterocycles. The zero-order valence-electron chi connectivity index (χ0n) is 8.89. The molecule has 1 saturated carbocycles. The molecule has 2 N–H and O–H groups in total. The van der Waals surface area contributed by atoms with E-state index in [9.17, 15) is 18.0 Å². The van der Waals surface area contributed by atoms with Crippen LogP contribution in [0.25, 0.3) is 0 Å². The van der Waals surface area contributed by atoms with Gasteiger partial charge >= 0.3 is 12.1 Å². The van der Waals surface area contributed by atoms with Crippen LogP contribution in [0.3, 0.4) is 0 Å². The Morgan fingerprint density at radius 3 is 2.62 bits per heavy atom. The molecule has 2 atom stereocenters. The van der Waals surface area contributed by atoms with Crippen LogP contribution in [0.2, 0.25) is 0 Å². The molecule has 0 saturated heterocycles. The molecule has 0 aromatic rings. The van der Waals surface area contributed by atoms with Gasteiger partial charge in [-0.1, -0.05) is 6.42 Å². The summed E-state index contributed by atoms with van der Waals surface area (Å²) in [5.41, 5.74) is 0. The third-order valence-corrected chi connectivity index (χ3v) is 2.91. The topological polar surface area (TPSA) is 49.3 Å². The minimum Gasteiger partial charge on any atom is -0.481 e. The monoisotopic (exact) mass is 239 g/mol. The lowest BCUT2D eigenvalue weighted by Crippen LogP contribution is -2.39. The van der Waals surface area contributed by atoms with Crippen LogP contribution < -0.4 is 5.32 Å². The van der Waals surface area contributed by atoms with Crippen LogP contribution in [0.1, 0.15) is 32.1 Å². The number of carboxylic acids is 1. The summed E-state index contributed by atoms with van der Waals surface area (Å²) in [4.78, 5) is 10.2. The quantitative estimate of drug-likeness (QED) is 0.790. The zero-order valence-corrected chi connectivity index (χ0v) is 8.89. The summed E-state index contributed by atoms with van der Waals surface area (Å²) in [6.45, 7) is 0.241. The predicted octanol–water partition coefficient (Wildman–Crippen LogP) is 2.17. The van der Waals surface area contributed by atoms with Crippen molar-refractivity contribution in [2.24, 2.45) is 5.92 Å². The molecule has 1 aliphatic rings. The van der Waals surface area contributed by atoms with E-state index in [-0.39, 0.29) is 31.8 Å². The summed E-state index contributed by atoms with van der Waals surface area (Å²) in [6.07, 6.45) is -2.65. The predicted molar refractivity (Wildman–Crippen MR) is 52.1 cm³/mol. The second kappa shape index (κ2) is 5.52. The second-order valence-corrected chi connectivity index (χ2v) is 4.20. The number of hydrogen-bond donors (Lipinski definition) is 2. The van der Waals surface area contributed by atoms with Crippen LogP contribution in [0.4, 0.5) is 13.2 Å². The average Bonchev–Trinajstić information content (AvgIpc) is 2.16. The number of nitrogens with one attached hydrogen (secondary N) is 1. The van der Waals surface area contributed by atoms with Crippen molar-refractivity contribution in [3.8, 4) is 0 Å². The minimum atomic E-state index is -4.12. The second-order valence-electron chi connectivity index (χ2n) is 4.20. The van der Waals surface area contributed by atoms with Crippen molar-refractivity contribution in [1.82, 2.24) is 5.32 Å². The molecule has 0 spiro atoms. The van der Waals surface area contributed by atoms with Gasteiger partial charge in [0.2, 0.25) is 0 Å². The van der Waals surface area contributed by atoms with Crippen LogP contribution in [-0.2, 0) is 4.79 Å². The Balaban J connectivity index is 2.31. The molecule has 0 radical (unpaired) electrons.